The smallest absolute Gasteiger partial charge is 0.482 e. The Kier molecular flexibility index (Phi) is 9.89. The van der Waals surface area contributed by atoms with Gasteiger partial charge in [0.05, 0.1) is 13.2 Å². The van der Waals surface area contributed by atoms with Crippen LogP contribution in [-0.2, 0) is 31.8 Å². The first-order valence-electron chi connectivity index (χ1n) is 15.5. The van der Waals surface area contributed by atoms with Crippen LogP contribution in [0.25, 0.3) is 0 Å². The normalized spacial score (nSPS) is 31.1. The molecule has 4 fully saturated rings. The second kappa shape index (κ2) is 13.6. The highest BCUT2D eigenvalue weighted by Crippen LogP contribution is 2.48. The molecule has 0 amide bonds. The Balaban J connectivity index is 1.18. The summed E-state index contributed by atoms with van der Waals surface area (Å²) in [6, 6.07) is 6.03. The molecule has 0 radical (unpaired) electrons. The third kappa shape index (κ3) is 6.93. The van der Waals surface area contributed by atoms with Crippen LogP contribution >= 0.6 is 0 Å². The Bertz CT molecular complexity index is 1010. The van der Waals surface area contributed by atoms with Gasteiger partial charge in [0.15, 0.2) is 6.61 Å². The molecule has 3 aliphatic heterocycles. The summed E-state index contributed by atoms with van der Waals surface area (Å²) in [6.45, 7) is 5.12. The lowest BCUT2D eigenvalue weighted by atomic mass is 9.73. The SMILES string of the molecule is CCCCC[C@H](CC[C@@H]1[C@H]2Cc3cccc(OCC(=O)OC)c3C[C@H]2C[C@H]1O)OC(=O)OC1CN2CCC1CC2. The highest BCUT2D eigenvalue weighted by molar-refractivity contribution is 5.71. The zero-order valence-corrected chi connectivity index (χ0v) is 24.2. The number of hydrogen-bond donors (Lipinski definition) is 1. The van der Waals surface area contributed by atoms with Crippen molar-refractivity contribution in [2.45, 2.75) is 95.9 Å². The summed E-state index contributed by atoms with van der Waals surface area (Å²) in [6.07, 6.45) is 9.26. The molecule has 1 aromatic carbocycles. The Morgan fingerprint density at radius 1 is 1.10 bits per heavy atom. The summed E-state index contributed by atoms with van der Waals surface area (Å²) in [5, 5.41) is 11.1. The molecule has 2 bridgehead atoms. The van der Waals surface area contributed by atoms with E-state index in [1.807, 2.05) is 12.1 Å². The number of piperidine rings is 3. The molecule has 8 heteroatoms. The van der Waals surface area contributed by atoms with Gasteiger partial charge in [-0.1, -0.05) is 31.9 Å². The first-order valence-corrected chi connectivity index (χ1v) is 15.5. The zero-order valence-electron chi connectivity index (χ0n) is 24.2. The Labute approximate surface area is 238 Å². The summed E-state index contributed by atoms with van der Waals surface area (Å²) in [5.41, 5.74) is 2.39. The van der Waals surface area contributed by atoms with Crippen molar-refractivity contribution in [2.24, 2.45) is 23.7 Å². The van der Waals surface area contributed by atoms with Crippen molar-refractivity contribution < 1.29 is 33.6 Å². The highest BCUT2D eigenvalue weighted by Gasteiger charge is 2.45. The van der Waals surface area contributed by atoms with Crippen molar-refractivity contribution >= 4 is 12.1 Å². The number of aliphatic hydroxyl groups is 1. The van der Waals surface area contributed by atoms with Gasteiger partial charge in [0.25, 0.3) is 0 Å². The first kappa shape index (κ1) is 29.2. The van der Waals surface area contributed by atoms with Gasteiger partial charge in [-0.2, -0.15) is 0 Å². The topological polar surface area (TPSA) is 94.5 Å². The van der Waals surface area contributed by atoms with Crippen LogP contribution in [0.3, 0.4) is 0 Å². The summed E-state index contributed by atoms with van der Waals surface area (Å²) in [4.78, 5) is 26.8. The molecule has 6 atom stereocenters. The van der Waals surface area contributed by atoms with Crippen molar-refractivity contribution in [3.05, 3.63) is 29.3 Å². The standard InChI is InChI=1S/C32H47NO7/c1-3-4-5-8-24(39-32(36)40-30-19-33-14-12-21(30)13-15-33)10-11-25-26-16-22-7-6-9-29(38-20-31(35)37-2)27(22)17-23(26)18-28(25)34/h6-7,9,21,23-26,28,30,34H,3-5,8,10-20H2,1-2H3/t23-,24+,25+,26-,28+,30?/m0/s1. The summed E-state index contributed by atoms with van der Waals surface area (Å²) < 4.78 is 22.3. The third-order valence-electron chi connectivity index (χ3n) is 9.98. The average molecular weight is 558 g/mol. The zero-order chi connectivity index (χ0) is 28.1. The molecule has 3 heterocycles. The minimum atomic E-state index is -0.517. The van der Waals surface area contributed by atoms with E-state index in [-0.39, 0.29) is 30.8 Å². The first-order chi connectivity index (χ1) is 19.4. The van der Waals surface area contributed by atoms with E-state index in [0.29, 0.717) is 17.8 Å². The molecule has 2 aliphatic carbocycles. The molecule has 1 saturated carbocycles. The van der Waals surface area contributed by atoms with E-state index in [2.05, 4.69) is 17.9 Å². The van der Waals surface area contributed by atoms with Crippen molar-refractivity contribution in [1.82, 2.24) is 4.90 Å². The van der Waals surface area contributed by atoms with Crippen LogP contribution in [0.4, 0.5) is 4.79 Å². The molecule has 1 aromatic rings. The third-order valence-corrected chi connectivity index (χ3v) is 9.98. The minimum absolute atomic E-state index is 0.0486. The number of benzene rings is 1. The lowest BCUT2D eigenvalue weighted by Gasteiger charge is -2.43. The van der Waals surface area contributed by atoms with E-state index in [1.54, 1.807) is 0 Å². The van der Waals surface area contributed by atoms with E-state index in [9.17, 15) is 14.7 Å². The number of ether oxygens (including phenoxy) is 4. The predicted octanol–water partition coefficient (Wildman–Crippen LogP) is 4.93. The number of aliphatic hydroxyl groups excluding tert-OH is 1. The number of methoxy groups -OCH3 is 1. The molecule has 0 spiro atoms. The molecule has 0 aromatic heterocycles. The number of unbranched alkanes of at least 4 members (excludes halogenated alkanes) is 2. The lowest BCUT2D eigenvalue weighted by molar-refractivity contribution is -0.142. The maximum atomic E-state index is 12.8. The highest BCUT2D eigenvalue weighted by atomic mass is 16.7. The molecule has 1 N–H and O–H groups in total. The van der Waals surface area contributed by atoms with Gasteiger partial charge in [0.2, 0.25) is 0 Å². The van der Waals surface area contributed by atoms with Crippen LogP contribution in [0.1, 0.15) is 75.8 Å². The number of hydrogen-bond acceptors (Lipinski definition) is 8. The van der Waals surface area contributed by atoms with Gasteiger partial charge in [-0.15, -0.1) is 0 Å². The molecule has 8 nitrogen and oxygen atoms in total. The van der Waals surface area contributed by atoms with Crippen molar-refractivity contribution in [3.63, 3.8) is 0 Å². The average Bonchev–Trinajstić information content (AvgIpc) is 3.27. The van der Waals surface area contributed by atoms with Crippen LogP contribution in [-0.4, -0.2) is 73.8 Å². The quantitative estimate of drug-likeness (QED) is 0.286. The summed E-state index contributed by atoms with van der Waals surface area (Å²) in [5.74, 6) is 1.73. The Morgan fingerprint density at radius 2 is 1.93 bits per heavy atom. The maximum Gasteiger partial charge on any atom is 0.508 e. The Hall–Kier alpha value is -2.32. The molecule has 3 saturated heterocycles. The molecule has 6 rings (SSSR count). The van der Waals surface area contributed by atoms with Crippen LogP contribution < -0.4 is 4.74 Å². The van der Waals surface area contributed by atoms with E-state index in [4.69, 9.17) is 18.9 Å². The van der Waals surface area contributed by atoms with E-state index in [0.717, 1.165) is 102 Å². The van der Waals surface area contributed by atoms with E-state index >= 15 is 0 Å². The number of nitrogens with zero attached hydrogens (tertiary/aromatic N) is 1. The van der Waals surface area contributed by atoms with Gasteiger partial charge in [-0.3, -0.25) is 4.90 Å². The number of carbonyl (C=O) groups excluding carboxylic acids is 2. The lowest BCUT2D eigenvalue weighted by Crippen LogP contribution is -2.52. The van der Waals surface area contributed by atoms with Gasteiger partial charge < -0.3 is 24.1 Å². The molecule has 5 aliphatic rings. The molecule has 1 unspecified atom stereocenters. The minimum Gasteiger partial charge on any atom is -0.482 e. The second-order valence-corrected chi connectivity index (χ2v) is 12.4. The predicted molar refractivity (Wildman–Crippen MR) is 150 cm³/mol. The largest absolute Gasteiger partial charge is 0.508 e. The number of fused-ring (bicyclic) bond motifs is 5. The maximum absolute atomic E-state index is 12.8. The number of carbonyl (C=O) groups is 2. The fraction of sp³-hybridized carbons (Fsp3) is 0.750. The monoisotopic (exact) mass is 557 g/mol. The fourth-order valence-corrected chi connectivity index (χ4v) is 7.73. The van der Waals surface area contributed by atoms with Gasteiger partial charge in [-0.05, 0) is 112 Å². The molecular formula is C32H47NO7. The summed E-state index contributed by atoms with van der Waals surface area (Å²) >= 11 is 0. The van der Waals surface area contributed by atoms with E-state index < -0.39 is 12.1 Å². The molecule has 40 heavy (non-hydrogen) atoms. The van der Waals surface area contributed by atoms with Crippen LogP contribution in [0.15, 0.2) is 18.2 Å². The second-order valence-electron chi connectivity index (χ2n) is 12.4. The molecular weight excluding hydrogens is 510 g/mol. The fourth-order valence-electron chi connectivity index (χ4n) is 7.73. The van der Waals surface area contributed by atoms with Crippen molar-refractivity contribution in [1.29, 1.82) is 0 Å². The van der Waals surface area contributed by atoms with Crippen molar-refractivity contribution in [3.8, 4) is 5.75 Å². The van der Waals surface area contributed by atoms with E-state index in [1.165, 1.54) is 12.7 Å². The van der Waals surface area contributed by atoms with Crippen LogP contribution in [0.5, 0.6) is 5.75 Å². The number of esters is 1. The van der Waals surface area contributed by atoms with Gasteiger partial charge in [0, 0.05) is 6.54 Å². The Morgan fingerprint density at radius 3 is 2.65 bits per heavy atom. The van der Waals surface area contributed by atoms with Gasteiger partial charge >= 0.3 is 12.1 Å². The van der Waals surface area contributed by atoms with Gasteiger partial charge in [0.1, 0.15) is 18.0 Å². The van der Waals surface area contributed by atoms with Gasteiger partial charge in [-0.25, -0.2) is 9.59 Å². The van der Waals surface area contributed by atoms with Crippen LogP contribution in [0, 0.1) is 23.7 Å². The van der Waals surface area contributed by atoms with Crippen LogP contribution in [0.2, 0.25) is 0 Å². The summed E-state index contributed by atoms with van der Waals surface area (Å²) in [7, 11) is 1.36. The van der Waals surface area contributed by atoms with Crippen molar-refractivity contribution in [2.75, 3.05) is 33.4 Å². The molecule has 222 valence electrons. The number of rotatable bonds is 12.